The molecule has 0 spiro atoms. The predicted octanol–water partition coefficient (Wildman–Crippen LogP) is 1.36. The summed E-state index contributed by atoms with van der Waals surface area (Å²) in [6, 6.07) is 2.27. The number of hydrogen-bond acceptors (Lipinski definition) is 4. The summed E-state index contributed by atoms with van der Waals surface area (Å²) in [5.41, 5.74) is 0.240. The fourth-order valence-electron chi connectivity index (χ4n) is 2.66. The predicted molar refractivity (Wildman–Crippen MR) is 84.7 cm³/mol. The number of halogens is 2. The third-order valence-corrected chi connectivity index (χ3v) is 4.92. The zero-order chi connectivity index (χ0) is 17.3. The first kappa shape index (κ1) is 16.7. The number of nitrogens with one attached hydrogen (secondary N) is 1. The maximum Gasteiger partial charge on any atom is 0.325 e. The quantitative estimate of drug-likeness (QED) is 0.885. The Bertz CT molecular complexity index is 701. The molecule has 3 rings (SSSR count). The highest BCUT2D eigenvalue weighted by Crippen LogP contribution is 2.23. The number of carbonyl (C=O) groups is 3. The van der Waals surface area contributed by atoms with Gasteiger partial charge in [-0.3, -0.25) is 14.5 Å². The second-order valence-electron chi connectivity index (χ2n) is 5.53. The first-order valence-corrected chi connectivity index (χ1v) is 8.42. The van der Waals surface area contributed by atoms with Gasteiger partial charge in [0, 0.05) is 30.6 Å². The van der Waals surface area contributed by atoms with Gasteiger partial charge in [-0.15, -0.1) is 0 Å². The number of anilines is 1. The van der Waals surface area contributed by atoms with E-state index in [0.29, 0.717) is 18.7 Å². The Hall–Kier alpha value is -2.16. The molecule has 1 N–H and O–H groups in total. The zero-order valence-corrected chi connectivity index (χ0v) is 13.4. The molecule has 128 valence electrons. The van der Waals surface area contributed by atoms with Crippen molar-refractivity contribution in [3.8, 4) is 0 Å². The molecule has 9 heteroatoms. The van der Waals surface area contributed by atoms with E-state index in [-0.39, 0.29) is 23.9 Å². The molecule has 0 aliphatic carbocycles. The summed E-state index contributed by atoms with van der Waals surface area (Å²) in [5, 5.41) is 2.55. The Labute approximate surface area is 141 Å². The standard InChI is InChI=1S/C15H15F2N3O3S/c16-10-2-1-9(7-11(10)17)20-5-4-19(15(20)23)8-13(21)18-12-3-6-24-14(12)22/h1-2,7,12H,3-6,8H2,(H,18,21). The van der Waals surface area contributed by atoms with Crippen molar-refractivity contribution >= 4 is 34.5 Å². The van der Waals surface area contributed by atoms with Crippen molar-refractivity contribution in [1.82, 2.24) is 10.2 Å². The van der Waals surface area contributed by atoms with Gasteiger partial charge in [0.25, 0.3) is 0 Å². The molecule has 1 atom stereocenters. The molecule has 0 bridgehead atoms. The van der Waals surface area contributed by atoms with Crippen LogP contribution in [0.4, 0.5) is 19.3 Å². The van der Waals surface area contributed by atoms with Gasteiger partial charge in [-0.25, -0.2) is 13.6 Å². The van der Waals surface area contributed by atoms with Crippen molar-refractivity contribution in [2.45, 2.75) is 12.5 Å². The van der Waals surface area contributed by atoms with E-state index in [9.17, 15) is 23.2 Å². The van der Waals surface area contributed by atoms with E-state index in [4.69, 9.17) is 0 Å². The first-order chi connectivity index (χ1) is 11.5. The van der Waals surface area contributed by atoms with Crippen LogP contribution in [0.2, 0.25) is 0 Å². The lowest BCUT2D eigenvalue weighted by atomic mass is 10.2. The molecule has 1 unspecified atom stereocenters. The van der Waals surface area contributed by atoms with Crippen molar-refractivity contribution in [3.05, 3.63) is 29.8 Å². The number of amides is 3. The minimum absolute atomic E-state index is 0.0699. The van der Waals surface area contributed by atoms with Crippen LogP contribution in [0.3, 0.4) is 0 Å². The summed E-state index contributed by atoms with van der Waals surface area (Å²) in [6.45, 7) is 0.390. The van der Waals surface area contributed by atoms with Crippen molar-refractivity contribution in [2.75, 3.05) is 30.3 Å². The Kier molecular flexibility index (Phi) is 4.70. The average Bonchev–Trinajstić information content (AvgIpc) is 3.10. The molecule has 3 amide bonds. The van der Waals surface area contributed by atoms with Gasteiger partial charge in [0.1, 0.15) is 6.54 Å². The van der Waals surface area contributed by atoms with Gasteiger partial charge >= 0.3 is 6.03 Å². The van der Waals surface area contributed by atoms with Crippen LogP contribution in [0, 0.1) is 11.6 Å². The minimum atomic E-state index is -1.03. The van der Waals surface area contributed by atoms with E-state index in [2.05, 4.69) is 5.32 Å². The van der Waals surface area contributed by atoms with Crippen LogP contribution >= 0.6 is 11.8 Å². The smallest absolute Gasteiger partial charge is 0.325 e. The van der Waals surface area contributed by atoms with Crippen LogP contribution in [0.15, 0.2) is 18.2 Å². The normalized spacial score (nSPS) is 20.8. The van der Waals surface area contributed by atoms with Gasteiger partial charge in [-0.05, 0) is 18.6 Å². The van der Waals surface area contributed by atoms with Crippen molar-refractivity contribution in [1.29, 1.82) is 0 Å². The molecule has 0 saturated carbocycles. The van der Waals surface area contributed by atoms with Gasteiger partial charge in [-0.2, -0.15) is 0 Å². The van der Waals surface area contributed by atoms with Gasteiger partial charge in [-0.1, -0.05) is 11.8 Å². The van der Waals surface area contributed by atoms with E-state index in [1.54, 1.807) is 0 Å². The third kappa shape index (κ3) is 3.35. The average molecular weight is 355 g/mol. The summed E-state index contributed by atoms with van der Waals surface area (Å²) in [6.07, 6.45) is 0.587. The van der Waals surface area contributed by atoms with E-state index in [0.717, 1.165) is 12.1 Å². The lowest BCUT2D eigenvalue weighted by Crippen LogP contribution is -2.44. The molecule has 2 fully saturated rings. The summed E-state index contributed by atoms with van der Waals surface area (Å²) >= 11 is 1.18. The van der Waals surface area contributed by atoms with Gasteiger partial charge in [0.2, 0.25) is 11.0 Å². The fourth-order valence-corrected chi connectivity index (χ4v) is 3.59. The molecular weight excluding hydrogens is 340 g/mol. The highest BCUT2D eigenvalue weighted by Gasteiger charge is 2.33. The molecule has 1 aromatic carbocycles. The maximum absolute atomic E-state index is 13.3. The van der Waals surface area contributed by atoms with Gasteiger partial charge in [0.05, 0.1) is 6.04 Å². The molecule has 2 aliphatic heterocycles. The number of hydrogen-bond donors (Lipinski definition) is 1. The van der Waals surface area contributed by atoms with Crippen LogP contribution in [0.1, 0.15) is 6.42 Å². The van der Waals surface area contributed by atoms with E-state index in [1.807, 2.05) is 0 Å². The maximum atomic E-state index is 13.3. The molecule has 24 heavy (non-hydrogen) atoms. The topological polar surface area (TPSA) is 69.7 Å². The summed E-state index contributed by atoms with van der Waals surface area (Å²) < 4.78 is 26.3. The molecule has 6 nitrogen and oxygen atoms in total. The minimum Gasteiger partial charge on any atom is -0.344 e. The van der Waals surface area contributed by atoms with Gasteiger partial charge in [0.15, 0.2) is 11.6 Å². The Balaban J connectivity index is 1.60. The monoisotopic (exact) mass is 355 g/mol. The molecule has 2 aliphatic rings. The number of carbonyl (C=O) groups excluding carboxylic acids is 3. The molecule has 1 aromatic rings. The fraction of sp³-hybridized carbons (Fsp3) is 0.400. The largest absolute Gasteiger partial charge is 0.344 e. The number of rotatable bonds is 4. The molecule has 2 heterocycles. The van der Waals surface area contributed by atoms with Crippen molar-refractivity contribution in [3.63, 3.8) is 0 Å². The Morgan fingerprint density at radius 1 is 1.25 bits per heavy atom. The Morgan fingerprint density at radius 2 is 2.04 bits per heavy atom. The van der Waals surface area contributed by atoms with Crippen LogP contribution < -0.4 is 10.2 Å². The number of nitrogens with zero attached hydrogens (tertiary/aromatic N) is 2. The lowest BCUT2D eigenvalue weighted by molar-refractivity contribution is -0.124. The number of urea groups is 1. The molecule has 0 aromatic heterocycles. The zero-order valence-electron chi connectivity index (χ0n) is 12.6. The van der Waals surface area contributed by atoms with E-state index < -0.39 is 29.6 Å². The Morgan fingerprint density at radius 3 is 2.71 bits per heavy atom. The second-order valence-corrected chi connectivity index (χ2v) is 6.63. The summed E-state index contributed by atoms with van der Waals surface area (Å²) in [5.74, 6) is -1.75. The summed E-state index contributed by atoms with van der Waals surface area (Å²) in [4.78, 5) is 38.4. The van der Waals surface area contributed by atoms with Crippen LogP contribution in [0.5, 0.6) is 0 Å². The van der Waals surface area contributed by atoms with Crippen LogP contribution in [0.25, 0.3) is 0 Å². The molecular formula is C15H15F2N3O3S. The van der Waals surface area contributed by atoms with Crippen LogP contribution in [-0.4, -0.2) is 53.4 Å². The highest BCUT2D eigenvalue weighted by molar-refractivity contribution is 8.14. The first-order valence-electron chi connectivity index (χ1n) is 7.43. The molecule has 0 radical (unpaired) electrons. The van der Waals surface area contributed by atoms with E-state index >= 15 is 0 Å². The molecule has 2 saturated heterocycles. The number of thioether (sulfide) groups is 1. The van der Waals surface area contributed by atoms with E-state index in [1.165, 1.54) is 27.6 Å². The lowest BCUT2D eigenvalue weighted by Gasteiger charge is -2.19. The van der Waals surface area contributed by atoms with Crippen molar-refractivity contribution < 1.29 is 23.2 Å². The highest BCUT2D eigenvalue weighted by atomic mass is 32.2. The SMILES string of the molecule is O=C(CN1CCN(c2ccc(F)c(F)c2)C1=O)NC1CCSC1=O. The second kappa shape index (κ2) is 6.76. The van der Waals surface area contributed by atoms with Crippen molar-refractivity contribution in [2.24, 2.45) is 0 Å². The third-order valence-electron chi connectivity index (χ3n) is 3.91. The summed E-state index contributed by atoms with van der Waals surface area (Å²) in [7, 11) is 0. The van der Waals surface area contributed by atoms with Gasteiger partial charge < -0.3 is 10.2 Å². The van der Waals surface area contributed by atoms with Crippen LogP contribution in [-0.2, 0) is 9.59 Å². The number of benzene rings is 1.